The van der Waals surface area contributed by atoms with Crippen molar-refractivity contribution < 1.29 is 58.2 Å². The van der Waals surface area contributed by atoms with E-state index in [1.54, 1.807) is 27.0 Å². The fourth-order valence-corrected chi connectivity index (χ4v) is 9.42. The molecule has 2 saturated heterocycles. The first kappa shape index (κ1) is 46.9. The van der Waals surface area contributed by atoms with Crippen LogP contribution in [0.25, 0.3) is 0 Å². The predicted molar refractivity (Wildman–Crippen MR) is 213 cm³/mol. The maximum absolute atomic E-state index is 14.3. The summed E-state index contributed by atoms with van der Waals surface area (Å²) in [6.07, 6.45) is 4.93. The molecule has 4 unspecified atom stereocenters. The van der Waals surface area contributed by atoms with E-state index in [1.807, 2.05) is 32.9 Å². The van der Waals surface area contributed by atoms with Crippen molar-refractivity contribution in [1.82, 2.24) is 4.90 Å². The zero-order chi connectivity index (χ0) is 42.2. The number of hydrogen-bond donors (Lipinski definition) is 3. The standard InChI is InChI=1S/C44H69NO12/c1-10-13-31-19-25(2)18-26(3)20-37(54-8)40-38(55-9)22-28(5)44(52,57-40)41(49)42(50)45-17-12-11-14-32(45)43(51)56-39(29(6)34(47)24-35(31)48)27(4)21-30-15-16-33(46)36(23-30)53-7/h10,19,21,26,28-34,36-40,46-47,52H,1,11-18,20,22-24H2,2-9H3/b25-19+,27-21+/t26-,28+,29+,30-,31?,32-,33+,34?,36+,37-,38-,39?,40?,44+/m0/s1. The van der Waals surface area contributed by atoms with E-state index < -0.39 is 83.9 Å². The largest absolute Gasteiger partial charge is 0.456 e. The van der Waals surface area contributed by atoms with Crippen molar-refractivity contribution in [2.75, 3.05) is 27.9 Å². The second kappa shape index (κ2) is 21.0. The monoisotopic (exact) mass is 803 g/mol. The minimum absolute atomic E-state index is 0.00988. The molecule has 0 aromatic carbocycles. The van der Waals surface area contributed by atoms with Crippen molar-refractivity contribution in [1.29, 1.82) is 0 Å². The Hall–Kier alpha value is -2.78. The van der Waals surface area contributed by atoms with Gasteiger partial charge in [-0.05, 0) is 95.5 Å². The van der Waals surface area contributed by atoms with E-state index in [2.05, 4.69) is 6.58 Å². The third-order valence-corrected chi connectivity index (χ3v) is 12.9. The lowest BCUT2D eigenvalue weighted by Crippen LogP contribution is -2.64. The van der Waals surface area contributed by atoms with Gasteiger partial charge in [-0.2, -0.15) is 0 Å². The Balaban J connectivity index is 1.78. The Labute approximate surface area is 339 Å². The number of ketones is 2. The number of allylic oxidation sites excluding steroid dienone is 4. The Kier molecular flexibility index (Phi) is 17.2. The van der Waals surface area contributed by atoms with Crippen LogP contribution in [0.1, 0.15) is 105 Å². The Morgan fingerprint density at radius 2 is 1.60 bits per heavy atom. The maximum Gasteiger partial charge on any atom is 0.329 e. The molecular weight excluding hydrogens is 734 g/mol. The van der Waals surface area contributed by atoms with Gasteiger partial charge < -0.3 is 43.9 Å². The predicted octanol–water partition coefficient (Wildman–Crippen LogP) is 4.64. The molecule has 3 fully saturated rings. The number of aliphatic hydroxyl groups is 3. The third kappa shape index (κ3) is 11.3. The number of carbonyl (C=O) groups is 4. The molecule has 3 N–H and O–H groups in total. The fourth-order valence-electron chi connectivity index (χ4n) is 9.42. The van der Waals surface area contributed by atoms with Crippen LogP contribution in [0.5, 0.6) is 0 Å². The van der Waals surface area contributed by atoms with Crippen LogP contribution in [0, 0.1) is 29.6 Å². The number of piperidine rings is 1. The van der Waals surface area contributed by atoms with Crippen LogP contribution in [0.4, 0.5) is 0 Å². The first-order valence-electron chi connectivity index (χ1n) is 20.9. The van der Waals surface area contributed by atoms with Crippen LogP contribution in [-0.4, -0.2) is 126 Å². The van der Waals surface area contributed by atoms with Crippen LogP contribution < -0.4 is 0 Å². The van der Waals surface area contributed by atoms with E-state index in [9.17, 15) is 34.5 Å². The van der Waals surface area contributed by atoms with Crippen molar-refractivity contribution in [2.24, 2.45) is 29.6 Å². The van der Waals surface area contributed by atoms with Crippen molar-refractivity contribution in [2.45, 2.75) is 160 Å². The van der Waals surface area contributed by atoms with Crippen LogP contribution >= 0.6 is 0 Å². The lowest BCUT2D eigenvalue weighted by atomic mass is 9.81. The smallest absolute Gasteiger partial charge is 0.329 e. The molecule has 3 heterocycles. The minimum Gasteiger partial charge on any atom is -0.456 e. The molecule has 4 aliphatic rings. The number of methoxy groups -OCH3 is 3. The molecule has 0 aromatic heterocycles. The number of esters is 1. The van der Waals surface area contributed by atoms with Crippen molar-refractivity contribution in [3.63, 3.8) is 0 Å². The fraction of sp³-hybridized carbons (Fsp3) is 0.773. The van der Waals surface area contributed by atoms with Gasteiger partial charge in [0.1, 0.15) is 24.0 Å². The Bertz CT molecular complexity index is 1480. The summed E-state index contributed by atoms with van der Waals surface area (Å²) in [6.45, 7) is 13.1. The number of aliphatic hydroxyl groups excluding tert-OH is 2. The highest BCUT2D eigenvalue weighted by molar-refractivity contribution is 6.39. The molecule has 322 valence electrons. The number of nitrogens with zero attached hydrogens (tertiary/aromatic N) is 1. The number of rotatable bonds is 7. The van der Waals surface area contributed by atoms with Gasteiger partial charge in [0.15, 0.2) is 0 Å². The maximum atomic E-state index is 14.3. The second-order valence-electron chi connectivity index (χ2n) is 17.3. The molecule has 1 amide bonds. The Morgan fingerprint density at radius 3 is 2.25 bits per heavy atom. The van der Waals surface area contributed by atoms with Gasteiger partial charge in [0.05, 0.1) is 30.5 Å². The van der Waals surface area contributed by atoms with Gasteiger partial charge in [-0.3, -0.25) is 14.4 Å². The molecule has 1 saturated carbocycles. The van der Waals surface area contributed by atoms with Crippen LogP contribution in [0.3, 0.4) is 0 Å². The first-order chi connectivity index (χ1) is 27.0. The SMILES string of the molecule is C=CCC1/C=C(\C)C[C@H](C)C[C@H](OC)C2O[C@@](O)(C(=O)C(=O)N3CCCC[C@H]3C(=O)OC(/C(C)=C/[C@@H]3CC[C@@H](O)[C@H](OC)C3)[C@H](C)C(O)CC1=O)[C@H](C)C[C@@H]2OC. The molecule has 4 rings (SSSR count). The van der Waals surface area contributed by atoms with Gasteiger partial charge in [-0.15, -0.1) is 6.58 Å². The number of hydrogen-bond acceptors (Lipinski definition) is 12. The zero-order valence-electron chi connectivity index (χ0n) is 35.4. The molecule has 2 bridgehead atoms. The van der Waals surface area contributed by atoms with Crippen LogP contribution in [0.15, 0.2) is 36.0 Å². The summed E-state index contributed by atoms with van der Waals surface area (Å²) >= 11 is 0. The summed E-state index contributed by atoms with van der Waals surface area (Å²) in [5.41, 5.74) is 1.61. The quantitative estimate of drug-likeness (QED) is 0.185. The normalized spacial score (nSPS) is 41.0. The van der Waals surface area contributed by atoms with Crippen LogP contribution in [0.2, 0.25) is 0 Å². The molecule has 1 aliphatic carbocycles. The highest BCUT2D eigenvalue weighted by Gasteiger charge is 2.56. The molecule has 3 aliphatic heterocycles. The van der Waals surface area contributed by atoms with Crippen molar-refractivity contribution in [3.05, 3.63) is 36.0 Å². The molecular formula is C44H69NO12. The number of ether oxygens (including phenoxy) is 5. The average Bonchev–Trinajstić information content (AvgIpc) is 3.18. The van der Waals surface area contributed by atoms with E-state index in [0.29, 0.717) is 56.9 Å². The molecule has 14 atom stereocenters. The minimum atomic E-state index is -2.51. The Morgan fingerprint density at radius 1 is 0.930 bits per heavy atom. The third-order valence-electron chi connectivity index (χ3n) is 12.9. The van der Waals surface area contributed by atoms with Crippen molar-refractivity contribution in [3.8, 4) is 0 Å². The molecule has 0 radical (unpaired) electrons. The van der Waals surface area contributed by atoms with Gasteiger partial charge >= 0.3 is 5.97 Å². The highest BCUT2D eigenvalue weighted by atomic mass is 16.7. The number of carbonyl (C=O) groups excluding carboxylic acids is 4. The molecule has 13 nitrogen and oxygen atoms in total. The number of fused-ring (bicyclic) bond motifs is 3. The lowest BCUT2D eigenvalue weighted by molar-refractivity contribution is -0.302. The van der Waals surface area contributed by atoms with E-state index in [1.165, 1.54) is 19.1 Å². The van der Waals surface area contributed by atoms with E-state index >= 15 is 0 Å². The second-order valence-corrected chi connectivity index (χ2v) is 17.3. The first-order valence-corrected chi connectivity index (χ1v) is 20.9. The topological polar surface area (TPSA) is 178 Å². The van der Waals surface area contributed by atoms with Gasteiger partial charge in [0.2, 0.25) is 5.79 Å². The lowest BCUT2D eigenvalue weighted by Gasteiger charge is -2.47. The number of amides is 1. The van der Waals surface area contributed by atoms with Gasteiger partial charge in [0, 0.05) is 52.0 Å². The van der Waals surface area contributed by atoms with Gasteiger partial charge in [-0.1, -0.05) is 44.6 Å². The highest BCUT2D eigenvalue weighted by Crippen LogP contribution is 2.39. The molecule has 13 heteroatoms. The summed E-state index contributed by atoms with van der Waals surface area (Å²) in [6, 6.07) is -1.14. The van der Waals surface area contributed by atoms with E-state index in [4.69, 9.17) is 23.7 Å². The van der Waals surface area contributed by atoms with Gasteiger partial charge in [0.25, 0.3) is 11.7 Å². The zero-order valence-corrected chi connectivity index (χ0v) is 35.4. The van der Waals surface area contributed by atoms with Crippen molar-refractivity contribution >= 4 is 23.4 Å². The van der Waals surface area contributed by atoms with Crippen LogP contribution in [-0.2, 0) is 42.9 Å². The average molecular weight is 804 g/mol. The van der Waals surface area contributed by atoms with E-state index in [0.717, 1.165) is 5.57 Å². The van der Waals surface area contributed by atoms with Gasteiger partial charge in [-0.25, -0.2) is 4.79 Å². The summed E-state index contributed by atoms with van der Waals surface area (Å²) < 4.78 is 29.7. The molecule has 0 spiro atoms. The summed E-state index contributed by atoms with van der Waals surface area (Å²) in [5.74, 6) is -7.76. The molecule has 0 aromatic rings. The van der Waals surface area contributed by atoms with E-state index in [-0.39, 0.29) is 49.5 Å². The summed E-state index contributed by atoms with van der Waals surface area (Å²) in [5, 5.41) is 34.1. The molecule has 57 heavy (non-hydrogen) atoms. The summed E-state index contributed by atoms with van der Waals surface area (Å²) in [7, 11) is 4.61. The summed E-state index contributed by atoms with van der Waals surface area (Å²) in [4.78, 5) is 57.8. The number of Topliss-reactive ketones (excluding diaryl/α,β-unsaturated/α-hetero) is 2. The number of cyclic esters (lactones) is 1.